The molecule has 1 aromatic carbocycles. The van der Waals surface area contributed by atoms with Crippen LogP contribution in [0.15, 0.2) is 46.1 Å². The predicted octanol–water partition coefficient (Wildman–Crippen LogP) is 0.926. The van der Waals surface area contributed by atoms with Gasteiger partial charge in [-0.15, -0.1) is 0 Å². The Morgan fingerprint density at radius 2 is 1.79 bits per heavy atom. The van der Waals surface area contributed by atoms with Crippen LogP contribution in [-0.2, 0) is 11.2 Å². The number of carbonyl (C=O) groups is 2. The summed E-state index contributed by atoms with van der Waals surface area (Å²) in [5.74, 6) is 0.286. The number of benzene rings is 1. The molecule has 0 spiro atoms. The van der Waals surface area contributed by atoms with Crippen molar-refractivity contribution in [1.29, 1.82) is 0 Å². The molecule has 4 rings (SSSR count). The minimum absolute atomic E-state index is 0.120. The average molecular weight is 451 g/mol. The molecule has 10 nitrogen and oxygen atoms in total. The summed E-state index contributed by atoms with van der Waals surface area (Å²) in [5.41, 5.74) is 0.141. The number of ether oxygens (including phenoxy) is 1. The zero-order valence-corrected chi connectivity index (χ0v) is 18.5. The van der Waals surface area contributed by atoms with E-state index in [-0.39, 0.29) is 28.4 Å². The van der Waals surface area contributed by atoms with E-state index in [0.717, 1.165) is 12.0 Å². The van der Waals surface area contributed by atoms with E-state index in [0.29, 0.717) is 31.9 Å². The molecule has 0 bridgehead atoms. The van der Waals surface area contributed by atoms with Gasteiger partial charge in [0.25, 0.3) is 17.4 Å². The zero-order valence-electron chi connectivity index (χ0n) is 18.5. The molecule has 1 aliphatic rings. The highest BCUT2D eigenvalue weighted by Gasteiger charge is 2.29. The van der Waals surface area contributed by atoms with Crippen LogP contribution in [0, 0.1) is 0 Å². The maximum atomic E-state index is 12.9. The zero-order chi connectivity index (χ0) is 23.5. The van der Waals surface area contributed by atoms with Gasteiger partial charge in [-0.25, -0.2) is 9.78 Å². The van der Waals surface area contributed by atoms with E-state index in [2.05, 4.69) is 15.0 Å². The smallest absolute Gasteiger partial charge is 0.327 e. The van der Waals surface area contributed by atoms with Gasteiger partial charge in [0.2, 0.25) is 0 Å². The highest BCUT2D eigenvalue weighted by atomic mass is 16.5. The molecule has 172 valence electrons. The fourth-order valence-electron chi connectivity index (χ4n) is 3.89. The standard InChI is InChI=1S/C23H25N5O5/c1-3-15-6-4-5-7-18(15)33-14(2)21(30)27-8-10-28(11-9-27)22(31)16-12-17-19(24-13-16)25-23(32)26-20(17)29/h4-7,12-14H,3,8-11H2,1-2H3,(H2,24,25,26,29,32). The minimum atomic E-state index is -0.656. The number of rotatable bonds is 5. The van der Waals surface area contributed by atoms with Crippen molar-refractivity contribution in [2.45, 2.75) is 26.4 Å². The van der Waals surface area contributed by atoms with Crippen LogP contribution in [0.4, 0.5) is 0 Å². The Hall–Kier alpha value is -3.95. The fraction of sp³-hybridized carbons (Fsp3) is 0.348. The summed E-state index contributed by atoms with van der Waals surface area (Å²) >= 11 is 0. The second-order valence-electron chi connectivity index (χ2n) is 7.87. The second kappa shape index (κ2) is 9.27. The van der Waals surface area contributed by atoms with Crippen LogP contribution >= 0.6 is 0 Å². The number of para-hydroxylation sites is 1. The van der Waals surface area contributed by atoms with Gasteiger partial charge in [0.15, 0.2) is 6.10 Å². The number of piperazine rings is 1. The number of H-pyrrole nitrogens is 2. The Bertz CT molecular complexity index is 1310. The third-order valence-electron chi connectivity index (χ3n) is 5.72. The van der Waals surface area contributed by atoms with Crippen LogP contribution < -0.4 is 16.0 Å². The number of nitrogens with zero attached hydrogens (tertiary/aromatic N) is 3. The van der Waals surface area contributed by atoms with Crippen molar-refractivity contribution < 1.29 is 14.3 Å². The summed E-state index contributed by atoms with van der Waals surface area (Å²) in [6.07, 6.45) is 1.50. The van der Waals surface area contributed by atoms with Gasteiger partial charge < -0.3 is 14.5 Å². The molecule has 3 heterocycles. The number of amides is 2. The summed E-state index contributed by atoms with van der Waals surface area (Å²) in [7, 11) is 0. The van der Waals surface area contributed by atoms with Crippen LogP contribution in [0.1, 0.15) is 29.8 Å². The maximum Gasteiger partial charge on any atom is 0.327 e. The first-order valence-electron chi connectivity index (χ1n) is 10.8. The number of carbonyl (C=O) groups excluding carboxylic acids is 2. The van der Waals surface area contributed by atoms with Gasteiger partial charge in [0, 0.05) is 32.4 Å². The van der Waals surface area contributed by atoms with Crippen molar-refractivity contribution in [2.75, 3.05) is 26.2 Å². The van der Waals surface area contributed by atoms with E-state index in [1.54, 1.807) is 16.7 Å². The molecule has 1 fully saturated rings. The molecule has 2 amide bonds. The number of hydrogen-bond acceptors (Lipinski definition) is 6. The summed E-state index contributed by atoms with van der Waals surface area (Å²) in [4.78, 5) is 61.1. The molecule has 1 unspecified atom stereocenters. The first-order chi connectivity index (χ1) is 15.9. The molecular formula is C23H25N5O5. The Kier molecular flexibility index (Phi) is 6.25. The molecule has 1 saturated heterocycles. The molecule has 10 heteroatoms. The predicted molar refractivity (Wildman–Crippen MR) is 121 cm³/mol. The Morgan fingerprint density at radius 1 is 1.09 bits per heavy atom. The summed E-state index contributed by atoms with van der Waals surface area (Å²) in [6.45, 7) is 5.22. The number of pyridine rings is 1. The minimum Gasteiger partial charge on any atom is -0.481 e. The molecule has 33 heavy (non-hydrogen) atoms. The first kappa shape index (κ1) is 22.3. The summed E-state index contributed by atoms with van der Waals surface area (Å²) in [6, 6.07) is 9.07. The van der Waals surface area contributed by atoms with Crippen LogP contribution in [0.2, 0.25) is 0 Å². The Balaban J connectivity index is 1.39. The molecule has 1 aliphatic heterocycles. The van der Waals surface area contributed by atoms with Gasteiger partial charge in [-0.05, 0) is 31.0 Å². The number of aromatic nitrogens is 3. The van der Waals surface area contributed by atoms with E-state index in [4.69, 9.17) is 4.74 Å². The van der Waals surface area contributed by atoms with Crippen molar-refractivity contribution in [2.24, 2.45) is 0 Å². The Morgan fingerprint density at radius 3 is 2.52 bits per heavy atom. The maximum absolute atomic E-state index is 12.9. The van der Waals surface area contributed by atoms with Crippen molar-refractivity contribution >= 4 is 22.8 Å². The van der Waals surface area contributed by atoms with Crippen molar-refractivity contribution in [1.82, 2.24) is 24.8 Å². The van der Waals surface area contributed by atoms with Gasteiger partial charge in [-0.3, -0.25) is 24.4 Å². The second-order valence-corrected chi connectivity index (χ2v) is 7.87. The summed E-state index contributed by atoms with van der Waals surface area (Å²) < 4.78 is 5.92. The highest BCUT2D eigenvalue weighted by molar-refractivity contribution is 5.96. The van der Waals surface area contributed by atoms with Gasteiger partial charge in [-0.1, -0.05) is 25.1 Å². The number of fused-ring (bicyclic) bond motifs is 1. The monoisotopic (exact) mass is 451 g/mol. The average Bonchev–Trinajstić information content (AvgIpc) is 2.83. The van der Waals surface area contributed by atoms with Gasteiger partial charge in [0.1, 0.15) is 11.4 Å². The van der Waals surface area contributed by atoms with Crippen LogP contribution in [0.3, 0.4) is 0 Å². The van der Waals surface area contributed by atoms with E-state index < -0.39 is 17.4 Å². The molecular weight excluding hydrogens is 426 g/mol. The van der Waals surface area contributed by atoms with Crippen molar-refractivity contribution in [3.63, 3.8) is 0 Å². The quantitative estimate of drug-likeness (QED) is 0.594. The molecule has 3 aromatic rings. The van der Waals surface area contributed by atoms with Crippen LogP contribution in [-0.4, -0.2) is 68.8 Å². The van der Waals surface area contributed by atoms with E-state index in [1.165, 1.54) is 12.3 Å². The summed E-state index contributed by atoms with van der Waals surface area (Å²) in [5, 5.41) is 0.132. The lowest BCUT2D eigenvalue weighted by atomic mass is 10.1. The Labute approximate surface area is 189 Å². The highest BCUT2D eigenvalue weighted by Crippen LogP contribution is 2.20. The molecule has 2 N–H and O–H groups in total. The van der Waals surface area contributed by atoms with E-state index in [1.807, 2.05) is 31.2 Å². The lowest BCUT2D eigenvalue weighted by Crippen LogP contribution is -2.53. The molecule has 0 radical (unpaired) electrons. The largest absolute Gasteiger partial charge is 0.481 e. The van der Waals surface area contributed by atoms with Gasteiger partial charge >= 0.3 is 5.69 Å². The van der Waals surface area contributed by atoms with E-state index in [9.17, 15) is 19.2 Å². The number of nitrogens with one attached hydrogen (secondary N) is 2. The lowest BCUT2D eigenvalue weighted by Gasteiger charge is -2.36. The molecule has 1 atom stereocenters. The van der Waals surface area contributed by atoms with Crippen molar-refractivity contribution in [3.8, 4) is 5.75 Å². The first-order valence-corrected chi connectivity index (χ1v) is 10.8. The SMILES string of the molecule is CCc1ccccc1OC(C)C(=O)N1CCN(C(=O)c2cnc3[nH]c(=O)[nH]c(=O)c3c2)CC1. The topological polar surface area (TPSA) is 128 Å². The molecule has 2 aromatic heterocycles. The molecule has 0 saturated carbocycles. The number of aromatic amines is 2. The van der Waals surface area contributed by atoms with E-state index >= 15 is 0 Å². The number of hydrogen-bond donors (Lipinski definition) is 2. The fourth-order valence-corrected chi connectivity index (χ4v) is 3.89. The van der Waals surface area contributed by atoms with Crippen LogP contribution in [0.25, 0.3) is 11.0 Å². The van der Waals surface area contributed by atoms with Gasteiger partial charge in [-0.2, -0.15) is 0 Å². The van der Waals surface area contributed by atoms with Gasteiger partial charge in [0.05, 0.1) is 10.9 Å². The third kappa shape index (κ3) is 4.64. The third-order valence-corrected chi connectivity index (χ3v) is 5.72. The van der Waals surface area contributed by atoms with Crippen LogP contribution in [0.5, 0.6) is 5.75 Å². The number of aryl methyl sites for hydroxylation is 1. The lowest BCUT2D eigenvalue weighted by molar-refractivity contribution is -0.139. The normalized spacial score (nSPS) is 14.8. The van der Waals surface area contributed by atoms with Crippen molar-refractivity contribution in [3.05, 3.63) is 68.5 Å². The molecule has 0 aliphatic carbocycles.